The van der Waals surface area contributed by atoms with Gasteiger partial charge in [0.15, 0.2) is 25.2 Å². The molecule has 13 atom stereocenters. The van der Waals surface area contributed by atoms with Crippen LogP contribution in [0.3, 0.4) is 0 Å². The number of pyridine rings is 1. The first kappa shape index (κ1) is 32.6. The van der Waals surface area contributed by atoms with Gasteiger partial charge in [-0.3, -0.25) is 0 Å². The molecule has 246 valence electrons. The lowest BCUT2D eigenvalue weighted by atomic mass is 9.47. The molecule has 0 amide bonds. The third-order valence-electron chi connectivity index (χ3n) is 13.4. The molecule has 4 aliphatic carbocycles. The molecular formula is C38H60NO5+. The number of aliphatic hydroxyl groups is 3. The number of allylic oxidation sites excluding steroid dienone is 1. The zero-order valence-corrected chi connectivity index (χ0v) is 28.0. The molecule has 0 radical (unpaired) electrons. The van der Waals surface area contributed by atoms with Gasteiger partial charge in [0.25, 0.3) is 0 Å². The average molecular weight is 611 g/mol. The van der Waals surface area contributed by atoms with Gasteiger partial charge in [0.05, 0.1) is 6.10 Å². The Kier molecular flexibility index (Phi) is 9.69. The summed E-state index contributed by atoms with van der Waals surface area (Å²) in [5, 5.41) is 32.2. The normalized spacial score (nSPS) is 44.4. The maximum Gasteiger partial charge on any atom is 0.187 e. The van der Waals surface area contributed by atoms with Gasteiger partial charge >= 0.3 is 0 Å². The molecule has 6 heteroatoms. The Hall–Kier alpha value is -1.31. The van der Waals surface area contributed by atoms with Crippen molar-refractivity contribution >= 4 is 0 Å². The second kappa shape index (κ2) is 13.1. The summed E-state index contributed by atoms with van der Waals surface area (Å²) in [6.07, 6.45) is 14.7. The lowest BCUT2D eigenvalue weighted by molar-refractivity contribution is -0.707. The van der Waals surface area contributed by atoms with Crippen molar-refractivity contribution in [3.05, 3.63) is 42.2 Å². The van der Waals surface area contributed by atoms with Crippen molar-refractivity contribution in [2.75, 3.05) is 0 Å². The molecular weight excluding hydrogens is 550 g/mol. The summed E-state index contributed by atoms with van der Waals surface area (Å²) in [4.78, 5) is 0. The Morgan fingerprint density at radius 2 is 1.68 bits per heavy atom. The number of aromatic nitrogens is 1. The summed E-state index contributed by atoms with van der Waals surface area (Å²) in [6, 6.07) is 5.78. The van der Waals surface area contributed by atoms with Crippen molar-refractivity contribution in [1.29, 1.82) is 0 Å². The number of nitrogens with zero attached hydrogens (tertiary/aromatic N) is 1. The molecule has 0 unspecified atom stereocenters. The van der Waals surface area contributed by atoms with Crippen LogP contribution in [0.4, 0.5) is 0 Å². The standard InChI is InChI=1S/C38H60NO5/c1-24(2)10-9-11-25(3)29-14-15-30-28-13-12-26-22-27(16-18-37(26,4)31(28)17-19-38(29,30)5)43-36-35(42)34(41)33(40)32(44-36)23-39-20-7-6-8-21-39/h6-8,12,20-21,24-25,27-36,40-42H,9-11,13-19,22-23H2,1-5H3/q+1/t25-,27+,28+,29-,30+,31+,32-,33-,34+,35-,36-,37+,38-/m1/s1. The topological polar surface area (TPSA) is 83.0 Å². The van der Waals surface area contributed by atoms with E-state index in [2.05, 4.69) is 40.7 Å². The van der Waals surface area contributed by atoms with Crippen LogP contribution < -0.4 is 4.57 Å². The maximum absolute atomic E-state index is 10.8. The van der Waals surface area contributed by atoms with Gasteiger partial charge in [0.2, 0.25) is 0 Å². The lowest BCUT2D eigenvalue weighted by Crippen LogP contribution is -2.62. The van der Waals surface area contributed by atoms with Crippen LogP contribution in [0, 0.1) is 46.3 Å². The minimum Gasteiger partial charge on any atom is -0.387 e. The van der Waals surface area contributed by atoms with Gasteiger partial charge < -0.3 is 24.8 Å². The van der Waals surface area contributed by atoms with E-state index in [1.807, 2.05) is 35.2 Å². The predicted molar refractivity (Wildman–Crippen MR) is 171 cm³/mol. The van der Waals surface area contributed by atoms with Crippen LogP contribution in [0.2, 0.25) is 0 Å². The zero-order valence-electron chi connectivity index (χ0n) is 28.0. The molecule has 1 aliphatic heterocycles. The SMILES string of the molecule is CC(C)CCC[C@@H](C)[C@H]1CC[C@H]2[C@@H]3CC=C4C[C@@H](O[C@@H]5O[C@H](C[n+]6ccccc6)[C@@H](O)[C@H](O)[C@H]5O)CC[C@]4(C)[C@H]3CC[C@]12C. The van der Waals surface area contributed by atoms with Crippen molar-refractivity contribution < 1.29 is 29.4 Å². The molecule has 6 nitrogen and oxygen atoms in total. The van der Waals surface area contributed by atoms with E-state index in [0.29, 0.717) is 12.0 Å². The third-order valence-corrected chi connectivity index (χ3v) is 13.4. The van der Waals surface area contributed by atoms with E-state index in [0.717, 1.165) is 54.8 Å². The highest BCUT2D eigenvalue weighted by molar-refractivity contribution is 5.25. The van der Waals surface area contributed by atoms with E-state index in [1.165, 1.54) is 56.9 Å². The van der Waals surface area contributed by atoms with Crippen molar-refractivity contribution in [2.24, 2.45) is 46.3 Å². The van der Waals surface area contributed by atoms with Crippen molar-refractivity contribution in [3.8, 4) is 0 Å². The predicted octanol–water partition coefficient (Wildman–Crippen LogP) is 6.21. The summed E-state index contributed by atoms with van der Waals surface area (Å²) in [7, 11) is 0. The van der Waals surface area contributed by atoms with Gasteiger partial charge in [-0.25, -0.2) is 4.57 Å². The van der Waals surface area contributed by atoms with Crippen LogP contribution in [0.25, 0.3) is 0 Å². The molecule has 44 heavy (non-hydrogen) atoms. The van der Waals surface area contributed by atoms with Crippen molar-refractivity contribution in [1.82, 2.24) is 0 Å². The average Bonchev–Trinajstić information content (AvgIpc) is 3.36. The van der Waals surface area contributed by atoms with E-state index >= 15 is 0 Å². The van der Waals surface area contributed by atoms with Crippen LogP contribution in [0.15, 0.2) is 42.2 Å². The smallest absolute Gasteiger partial charge is 0.187 e. The molecule has 1 aromatic rings. The summed E-state index contributed by atoms with van der Waals surface area (Å²) in [5.41, 5.74) is 2.26. The number of rotatable bonds is 9. The first-order valence-electron chi connectivity index (χ1n) is 18.0. The van der Waals surface area contributed by atoms with Crippen LogP contribution in [0.5, 0.6) is 0 Å². The van der Waals surface area contributed by atoms with Gasteiger partial charge in [0, 0.05) is 12.1 Å². The lowest BCUT2D eigenvalue weighted by Gasteiger charge is -2.58. The number of ether oxygens (including phenoxy) is 2. The van der Waals surface area contributed by atoms with Crippen LogP contribution in [-0.2, 0) is 16.0 Å². The molecule has 3 N–H and O–H groups in total. The quantitative estimate of drug-likeness (QED) is 0.229. The van der Waals surface area contributed by atoms with Crippen LogP contribution in [0.1, 0.15) is 105 Å². The molecule has 0 aromatic carbocycles. The van der Waals surface area contributed by atoms with Crippen LogP contribution >= 0.6 is 0 Å². The largest absolute Gasteiger partial charge is 0.387 e. The van der Waals surface area contributed by atoms with E-state index in [9.17, 15) is 15.3 Å². The van der Waals surface area contributed by atoms with E-state index in [1.54, 1.807) is 0 Å². The Morgan fingerprint density at radius 3 is 2.43 bits per heavy atom. The minimum absolute atomic E-state index is 0.0607. The fourth-order valence-electron chi connectivity index (χ4n) is 10.9. The third kappa shape index (κ3) is 6.08. The monoisotopic (exact) mass is 610 g/mol. The first-order valence-corrected chi connectivity index (χ1v) is 18.0. The molecule has 6 rings (SSSR count). The first-order chi connectivity index (χ1) is 21.0. The molecule has 4 fully saturated rings. The number of hydrogen-bond acceptors (Lipinski definition) is 5. The van der Waals surface area contributed by atoms with Crippen molar-refractivity contribution in [2.45, 2.75) is 149 Å². The second-order valence-electron chi connectivity index (χ2n) is 16.4. The van der Waals surface area contributed by atoms with Gasteiger partial charge in [-0.1, -0.05) is 71.6 Å². The number of hydrogen-bond donors (Lipinski definition) is 3. The molecule has 1 saturated heterocycles. The Bertz CT molecular complexity index is 1140. The van der Waals surface area contributed by atoms with Gasteiger partial charge in [0.1, 0.15) is 24.4 Å². The number of aliphatic hydroxyl groups excluding tert-OH is 3. The highest BCUT2D eigenvalue weighted by Crippen LogP contribution is 2.67. The highest BCUT2D eigenvalue weighted by Gasteiger charge is 2.59. The fourth-order valence-corrected chi connectivity index (χ4v) is 10.9. The van der Waals surface area contributed by atoms with E-state index in [-0.39, 0.29) is 11.5 Å². The van der Waals surface area contributed by atoms with E-state index < -0.39 is 30.7 Å². The highest BCUT2D eigenvalue weighted by atomic mass is 16.7. The minimum atomic E-state index is -1.31. The fraction of sp³-hybridized carbons (Fsp3) is 0.816. The van der Waals surface area contributed by atoms with Gasteiger partial charge in [-0.05, 0) is 97.7 Å². The maximum atomic E-state index is 10.8. The molecule has 0 spiro atoms. The molecule has 0 bridgehead atoms. The molecule has 3 saturated carbocycles. The summed E-state index contributed by atoms with van der Waals surface area (Å²) in [6.45, 7) is 12.8. The Balaban J connectivity index is 1.10. The summed E-state index contributed by atoms with van der Waals surface area (Å²) < 4.78 is 14.5. The molecule has 1 aromatic heterocycles. The van der Waals surface area contributed by atoms with Crippen molar-refractivity contribution in [3.63, 3.8) is 0 Å². The Morgan fingerprint density at radius 1 is 0.909 bits per heavy atom. The van der Waals surface area contributed by atoms with Gasteiger partial charge in [-0.15, -0.1) is 0 Å². The molecule has 2 heterocycles. The summed E-state index contributed by atoms with van der Waals surface area (Å²) >= 11 is 0. The molecule has 5 aliphatic rings. The van der Waals surface area contributed by atoms with E-state index in [4.69, 9.17) is 9.47 Å². The van der Waals surface area contributed by atoms with Gasteiger partial charge in [-0.2, -0.15) is 0 Å². The second-order valence-corrected chi connectivity index (χ2v) is 16.4. The summed E-state index contributed by atoms with van der Waals surface area (Å²) in [5.74, 6) is 4.91. The Labute approximate surface area is 266 Å². The van der Waals surface area contributed by atoms with Crippen LogP contribution in [-0.4, -0.2) is 52.1 Å². The number of fused-ring (bicyclic) bond motifs is 5. The zero-order chi connectivity index (χ0) is 31.2.